The molecule has 1 atom stereocenters. The quantitative estimate of drug-likeness (QED) is 0.829. The molecule has 2 fully saturated rings. The minimum atomic E-state index is 0.392. The van der Waals surface area contributed by atoms with E-state index in [9.17, 15) is 0 Å². The molecule has 3 heteroatoms. The molecule has 0 radical (unpaired) electrons. The molecule has 92 valence electrons. The Morgan fingerprint density at radius 1 is 1.29 bits per heavy atom. The summed E-state index contributed by atoms with van der Waals surface area (Å²) in [5.41, 5.74) is 1.77. The first-order chi connectivity index (χ1) is 8.30. The van der Waals surface area contributed by atoms with E-state index in [4.69, 9.17) is 16.3 Å². The summed E-state index contributed by atoms with van der Waals surface area (Å²) in [4.78, 5) is 0. The normalized spacial score (nSPS) is 27.5. The molecule has 2 heterocycles. The van der Waals surface area contributed by atoms with Gasteiger partial charge in [-0.1, -0.05) is 23.7 Å². The first kappa shape index (κ1) is 11.5. The van der Waals surface area contributed by atoms with Crippen LogP contribution in [0.2, 0.25) is 5.02 Å². The number of hydrogen-bond acceptors (Lipinski definition) is 2. The van der Waals surface area contributed by atoms with Crippen molar-refractivity contribution in [2.24, 2.45) is 5.41 Å². The smallest absolute Gasteiger partial charge is 0.0472 e. The van der Waals surface area contributed by atoms with Gasteiger partial charge in [0.05, 0.1) is 0 Å². The Kier molecular flexibility index (Phi) is 3.12. The molecule has 1 N–H and O–H groups in total. The van der Waals surface area contributed by atoms with Gasteiger partial charge in [-0.05, 0) is 36.0 Å². The number of nitrogens with one attached hydrogen (secondary N) is 1. The van der Waals surface area contributed by atoms with E-state index in [2.05, 4.69) is 23.5 Å². The number of benzene rings is 1. The van der Waals surface area contributed by atoms with E-state index < -0.39 is 0 Å². The zero-order valence-electron chi connectivity index (χ0n) is 9.92. The molecule has 0 amide bonds. The lowest BCUT2D eigenvalue weighted by atomic mass is 9.69. The molecule has 1 unspecified atom stereocenters. The molecule has 3 rings (SSSR count). The van der Waals surface area contributed by atoms with Gasteiger partial charge in [0.25, 0.3) is 0 Å². The van der Waals surface area contributed by atoms with Crippen LogP contribution in [0, 0.1) is 5.41 Å². The van der Waals surface area contributed by atoms with E-state index in [1.807, 2.05) is 6.07 Å². The molecule has 1 aromatic rings. The second kappa shape index (κ2) is 4.60. The van der Waals surface area contributed by atoms with Crippen molar-refractivity contribution in [3.05, 3.63) is 34.9 Å². The summed E-state index contributed by atoms with van der Waals surface area (Å²) in [5.74, 6) is 0.588. The molecule has 2 aliphatic heterocycles. The van der Waals surface area contributed by atoms with Crippen molar-refractivity contribution in [3.8, 4) is 0 Å². The summed E-state index contributed by atoms with van der Waals surface area (Å²) < 4.78 is 5.51. The third-order valence-corrected chi connectivity index (χ3v) is 4.54. The Labute approximate surface area is 107 Å². The van der Waals surface area contributed by atoms with Gasteiger partial charge < -0.3 is 10.1 Å². The van der Waals surface area contributed by atoms with Crippen molar-refractivity contribution >= 4 is 11.6 Å². The van der Waals surface area contributed by atoms with Gasteiger partial charge in [0.2, 0.25) is 0 Å². The van der Waals surface area contributed by atoms with Gasteiger partial charge in [0.15, 0.2) is 0 Å². The van der Waals surface area contributed by atoms with Gasteiger partial charge in [0, 0.05) is 37.2 Å². The summed E-state index contributed by atoms with van der Waals surface area (Å²) in [5, 5.41) is 4.40. The van der Waals surface area contributed by atoms with Crippen LogP contribution in [0.1, 0.15) is 24.3 Å². The molecule has 0 aliphatic carbocycles. The zero-order chi connectivity index (χ0) is 11.7. The molecule has 1 spiro atoms. The molecule has 2 nitrogen and oxygen atoms in total. The molecule has 0 aromatic heterocycles. The van der Waals surface area contributed by atoms with Crippen LogP contribution in [0.4, 0.5) is 0 Å². The van der Waals surface area contributed by atoms with E-state index in [0.717, 1.165) is 44.2 Å². The molecule has 2 aliphatic rings. The number of halogens is 1. The Hall–Kier alpha value is -0.570. The molecular weight excluding hydrogens is 234 g/mol. The van der Waals surface area contributed by atoms with E-state index in [1.165, 1.54) is 5.56 Å². The highest BCUT2D eigenvalue weighted by Crippen LogP contribution is 2.46. The zero-order valence-corrected chi connectivity index (χ0v) is 10.7. The molecule has 0 bridgehead atoms. The van der Waals surface area contributed by atoms with Crippen molar-refractivity contribution in [2.45, 2.75) is 18.8 Å². The highest BCUT2D eigenvalue weighted by atomic mass is 35.5. The maximum atomic E-state index is 6.11. The highest BCUT2D eigenvalue weighted by molar-refractivity contribution is 6.30. The summed E-state index contributed by atoms with van der Waals surface area (Å²) in [7, 11) is 0. The summed E-state index contributed by atoms with van der Waals surface area (Å²) in [6.45, 7) is 3.99. The first-order valence-electron chi connectivity index (χ1n) is 6.34. The SMILES string of the molecule is Clc1cccc(C2CNCC23CCOCC3)c1. The average Bonchev–Trinajstić information content (AvgIpc) is 2.73. The van der Waals surface area contributed by atoms with E-state index in [0.29, 0.717) is 11.3 Å². The fraction of sp³-hybridized carbons (Fsp3) is 0.571. The monoisotopic (exact) mass is 251 g/mol. The summed E-state index contributed by atoms with van der Waals surface area (Å²) >= 11 is 6.11. The third kappa shape index (κ3) is 2.10. The second-order valence-corrected chi connectivity index (χ2v) is 5.65. The highest BCUT2D eigenvalue weighted by Gasteiger charge is 2.44. The number of ether oxygens (including phenoxy) is 1. The lowest BCUT2D eigenvalue weighted by Gasteiger charge is -2.38. The van der Waals surface area contributed by atoms with E-state index >= 15 is 0 Å². The number of hydrogen-bond donors (Lipinski definition) is 1. The van der Waals surface area contributed by atoms with Crippen LogP contribution in [-0.2, 0) is 4.74 Å². The van der Waals surface area contributed by atoms with Gasteiger partial charge in [0.1, 0.15) is 0 Å². The Balaban J connectivity index is 1.91. The van der Waals surface area contributed by atoms with Crippen molar-refractivity contribution in [2.75, 3.05) is 26.3 Å². The molecular formula is C14H18ClNO. The summed E-state index contributed by atoms with van der Waals surface area (Å²) in [6.07, 6.45) is 2.33. The van der Waals surface area contributed by atoms with E-state index in [-0.39, 0.29) is 0 Å². The average molecular weight is 252 g/mol. The second-order valence-electron chi connectivity index (χ2n) is 5.21. The molecule has 0 saturated carbocycles. The molecule has 1 aromatic carbocycles. The van der Waals surface area contributed by atoms with Gasteiger partial charge in [-0.2, -0.15) is 0 Å². The van der Waals surface area contributed by atoms with Crippen LogP contribution >= 0.6 is 11.6 Å². The first-order valence-corrected chi connectivity index (χ1v) is 6.72. The van der Waals surface area contributed by atoms with Gasteiger partial charge in [-0.3, -0.25) is 0 Å². The van der Waals surface area contributed by atoms with Crippen LogP contribution < -0.4 is 5.32 Å². The molecule has 17 heavy (non-hydrogen) atoms. The minimum Gasteiger partial charge on any atom is -0.381 e. The van der Waals surface area contributed by atoms with Crippen molar-refractivity contribution < 1.29 is 4.74 Å². The third-order valence-electron chi connectivity index (χ3n) is 4.30. The maximum Gasteiger partial charge on any atom is 0.0472 e. The summed E-state index contributed by atoms with van der Waals surface area (Å²) in [6, 6.07) is 8.34. The molecule has 2 saturated heterocycles. The maximum absolute atomic E-state index is 6.11. The number of rotatable bonds is 1. The predicted molar refractivity (Wildman–Crippen MR) is 69.5 cm³/mol. The van der Waals surface area contributed by atoms with Crippen LogP contribution in [0.25, 0.3) is 0 Å². The largest absolute Gasteiger partial charge is 0.381 e. The van der Waals surface area contributed by atoms with Gasteiger partial charge >= 0.3 is 0 Å². The van der Waals surface area contributed by atoms with Crippen LogP contribution in [0.5, 0.6) is 0 Å². The van der Waals surface area contributed by atoms with Crippen LogP contribution in [0.15, 0.2) is 24.3 Å². The minimum absolute atomic E-state index is 0.392. The van der Waals surface area contributed by atoms with Crippen LogP contribution in [-0.4, -0.2) is 26.3 Å². The van der Waals surface area contributed by atoms with Crippen molar-refractivity contribution in [3.63, 3.8) is 0 Å². The lowest BCUT2D eigenvalue weighted by Crippen LogP contribution is -2.35. The lowest BCUT2D eigenvalue weighted by molar-refractivity contribution is 0.0165. The Morgan fingerprint density at radius 3 is 2.88 bits per heavy atom. The fourth-order valence-electron chi connectivity index (χ4n) is 3.30. The van der Waals surface area contributed by atoms with Gasteiger partial charge in [-0.15, -0.1) is 0 Å². The van der Waals surface area contributed by atoms with E-state index in [1.54, 1.807) is 0 Å². The Bertz CT molecular complexity index is 401. The fourth-order valence-corrected chi connectivity index (χ4v) is 3.50. The Morgan fingerprint density at radius 2 is 2.12 bits per heavy atom. The predicted octanol–water partition coefficient (Wildman–Crippen LogP) is 2.82. The van der Waals surface area contributed by atoms with Crippen molar-refractivity contribution in [1.82, 2.24) is 5.32 Å². The standard InChI is InChI=1S/C14H18ClNO/c15-12-3-1-2-11(8-12)13-9-16-10-14(13)4-6-17-7-5-14/h1-3,8,13,16H,4-7,9-10H2. The van der Waals surface area contributed by atoms with Crippen LogP contribution in [0.3, 0.4) is 0 Å². The van der Waals surface area contributed by atoms with Crippen molar-refractivity contribution in [1.29, 1.82) is 0 Å². The topological polar surface area (TPSA) is 21.3 Å². The van der Waals surface area contributed by atoms with Gasteiger partial charge in [-0.25, -0.2) is 0 Å².